The van der Waals surface area contributed by atoms with Crippen molar-refractivity contribution in [1.29, 1.82) is 5.26 Å². The van der Waals surface area contributed by atoms with Gasteiger partial charge in [-0.05, 0) is 11.6 Å². The van der Waals surface area contributed by atoms with E-state index in [1.807, 2.05) is 6.07 Å². The van der Waals surface area contributed by atoms with E-state index in [0.717, 1.165) is 0 Å². The van der Waals surface area contributed by atoms with Crippen molar-refractivity contribution < 1.29 is 17.2 Å². The number of nitriles is 1. The summed E-state index contributed by atoms with van der Waals surface area (Å²) in [6.07, 6.45) is -2.74. The van der Waals surface area contributed by atoms with Gasteiger partial charge in [-0.1, -0.05) is 18.2 Å². The van der Waals surface area contributed by atoms with Crippen LogP contribution < -0.4 is 4.72 Å². The SMILES string of the molecule is N#Cc1ccccc1CS(=O)(=O)NCC(F)F. The van der Waals surface area contributed by atoms with Crippen molar-refractivity contribution in [1.82, 2.24) is 4.72 Å². The lowest BCUT2D eigenvalue weighted by Gasteiger charge is -2.07. The molecule has 0 spiro atoms. The molecule has 0 amide bonds. The minimum atomic E-state index is -3.84. The van der Waals surface area contributed by atoms with Crippen LogP contribution in [0.5, 0.6) is 0 Å². The van der Waals surface area contributed by atoms with E-state index in [1.54, 1.807) is 16.9 Å². The van der Waals surface area contributed by atoms with E-state index in [4.69, 9.17) is 5.26 Å². The maximum Gasteiger partial charge on any atom is 0.251 e. The van der Waals surface area contributed by atoms with Crippen LogP contribution in [-0.2, 0) is 15.8 Å². The summed E-state index contributed by atoms with van der Waals surface area (Å²) in [7, 11) is -3.84. The fourth-order valence-electron chi connectivity index (χ4n) is 1.20. The van der Waals surface area contributed by atoms with Gasteiger partial charge in [0.2, 0.25) is 10.0 Å². The normalized spacial score (nSPS) is 11.4. The standard InChI is InChI=1S/C10H10F2N2O2S/c11-10(12)6-14-17(15,16)7-9-4-2-1-3-8(9)5-13/h1-4,10,14H,6-7H2. The molecule has 0 aliphatic heterocycles. The van der Waals surface area contributed by atoms with Gasteiger partial charge in [-0.2, -0.15) is 5.26 Å². The average molecular weight is 260 g/mol. The van der Waals surface area contributed by atoms with Crippen LogP contribution in [0.2, 0.25) is 0 Å². The molecule has 0 aliphatic carbocycles. The van der Waals surface area contributed by atoms with Crippen LogP contribution in [-0.4, -0.2) is 21.4 Å². The average Bonchev–Trinajstić information content (AvgIpc) is 2.27. The lowest BCUT2D eigenvalue weighted by molar-refractivity contribution is 0.153. The second kappa shape index (κ2) is 5.70. The van der Waals surface area contributed by atoms with E-state index >= 15 is 0 Å². The summed E-state index contributed by atoms with van der Waals surface area (Å²) >= 11 is 0. The molecule has 0 saturated carbocycles. The van der Waals surface area contributed by atoms with Gasteiger partial charge in [-0.3, -0.25) is 0 Å². The van der Waals surface area contributed by atoms with Gasteiger partial charge in [-0.15, -0.1) is 0 Å². The number of alkyl halides is 2. The molecular formula is C10H10F2N2O2S. The van der Waals surface area contributed by atoms with E-state index in [0.29, 0.717) is 0 Å². The number of halogens is 2. The molecule has 0 aromatic heterocycles. The van der Waals surface area contributed by atoms with E-state index < -0.39 is 28.7 Å². The van der Waals surface area contributed by atoms with Gasteiger partial charge in [0.25, 0.3) is 6.43 Å². The van der Waals surface area contributed by atoms with Gasteiger partial charge in [0, 0.05) is 0 Å². The molecule has 1 aromatic carbocycles. The third-order valence-corrected chi connectivity index (χ3v) is 3.24. The summed E-state index contributed by atoms with van der Waals surface area (Å²) in [5.41, 5.74) is 0.506. The summed E-state index contributed by atoms with van der Waals surface area (Å²) in [5, 5.41) is 8.75. The van der Waals surface area contributed by atoms with Crippen LogP contribution in [0.25, 0.3) is 0 Å². The van der Waals surface area contributed by atoms with Crippen molar-refractivity contribution in [2.45, 2.75) is 12.2 Å². The zero-order valence-corrected chi connectivity index (χ0v) is 9.55. The summed E-state index contributed by atoms with van der Waals surface area (Å²) < 4.78 is 48.3. The van der Waals surface area contributed by atoms with Crippen molar-refractivity contribution in [3.05, 3.63) is 35.4 Å². The molecule has 0 atom stereocenters. The van der Waals surface area contributed by atoms with E-state index in [-0.39, 0.29) is 11.1 Å². The van der Waals surface area contributed by atoms with Gasteiger partial charge in [0.1, 0.15) is 0 Å². The van der Waals surface area contributed by atoms with Gasteiger partial charge < -0.3 is 0 Å². The summed E-state index contributed by atoms with van der Waals surface area (Å²) in [5.74, 6) is -0.483. The number of hydrogen-bond acceptors (Lipinski definition) is 3. The molecule has 1 N–H and O–H groups in total. The number of sulfonamides is 1. The van der Waals surface area contributed by atoms with Gasteiger partial charge >= 0.3 is 0 Å². The minimum Gasteiger partial charge on any atom is -0.212 e. The van der Waals surface area contributed by atoms with Crippen molar-refractivity contribution in [2.24, 2.45) is 0 Å². The molecule has 4 nitrogen and oxygen atoms in total. The van der Waals surface area contributed by atoms with Gasteiger partial charge in [0.05, 0.1) is 23.9 Å². The summed E-state index contributed by atoms with van der Waals surface area (Å²) in [4.78, 5) is 0. The molecule has 92 valence electrons. The van der Waals surface area contributed by atoms with Crippen molar-refractivity contribution in [3.63, 3.8) is 0 Å². The monoisotopic (exact) mass is 260 g/mol. The lowest BCUT2D eigenvalue weighted by atomic mass is 10.1. The highest BCUT2D eigenvalue weighted by atomic mass is 32.2. The third kappa shape index (κ3) is 4.46. The van der Waals surface area contributed by atoms with Crippen molar-refractivity contribution in [2.75, 3.05) is 6.54 Å². The van der Waals surface area contributed by atoms with Crippen molar-refractivity contribution >= 4 is 10.0 Å². The fraction of sp³-hybridized carbons (Fsp3) is 0.300. The Balaban J connectivity index is 2.80. The Morgan fingerprint density at radius 1 is 1.35 bits per heavy atom. The Labute approximate surface area is 97.9 Å². The number of nitrogens with zero attached hydrogens (tertiary/aromatic N) is 1. The van der Waals surface area contributed by atoms with E-state index in [2.05, 4.69) is 0 Å². The minimum absolute atomic E-state index is 0.218. The molecule has 17 heavy (non-hydrogen) atoms. The Morgan fingerprint density at radius 3 is 2.59 bits per heavy atom. The lowest BCUT2D eigenvalue weighted by Crippen LogP contribution is -2.29. The molecule has 0 bridgehead atoms. The maximum atomic E-state index is 11.9. The number of benzene rings is 1. The van der Waals surface area contributed by atoms with Crippen LogP contribution in [0.15, 0.2) is 24.3 Å². The molecule has 0 unspecified atom stereocenters. The smallest absolute Gasteiger partial charge is 0.212 e. The number of hydrogen-bond donors (Lipinski definition) is 1. The first-order chi connectivity index (χ1) is 7.94. The Hall–Kier alpha value is -1.52. The zero-order valence-electron chi connectivity index (χ0n) is 8.73. The highest BCUT2D eigenvalue weighted by molar-refractivity contribution is 7.88. The fourth-order valence-corrected chi connectivity index (χ4v) is 2.34. The van der Waals surface area contributed by atoms with E-state index in [9.17, 15) is 17.2 Å². The van der Waals surface area contributed by atoms with Crippen LogP contribution in [0.4, 0.5) is 8.78 Å². The first-order valence-electron chi connectivity index (χ1n) is 4.68. The summed E-state index contributed by atoms with van der Waals surface area (Å²) in [6, 6.07) is 7.97. The largest absolute Gasteiger partial charge is 0.251 e. The molecule has 0 aliphatic rings. The number of rotatable bonds is 5. The molecule has 0 heterocycles. The molecule has 0 fully saturated rings. The molecular weight excluding hydrogens is 250 g/mol. The predicted octanol–water partition coefficient (Wildman–Crippen LogP) is 1.24. The first-order valence-corrected chi connectivity index (χ1v) is 6.33. The second-order valence-electron chi connectivity index (χ2n) is 3.27. The van der Waals surface area contributed by atoms with Crippen molar-refractivity contribution in [3.8, 4) is 6.07 Å². The highest BCUT2D eigenvalue weighted by Gasteiger charge is 2.15. The van der Waals surface area contributed by atoms with Crippen LogP contribution in [0.3, 0.4) is 0 Å². The molecule has 0 radical (unpaired) electrons. The predicted molar refractivity (Wildman–Crippen MR) is 57.8 cm³/mol. The topological polar surface area (TPSA) is 70.0 Å². The van der Waals surface area contributed by atoms with Gasteiger partial charge in [-0.25, -0.2) is 21.9 Å². The molecule has 0 saturated heterocycles. The molecule has 1 aromatic rings. The van der Waals surface area contributed by atoms with Crippen LogP contribution in [0.1, 0.15) is 11.1 Å². The quantitative estimate of drug-likeness (QED) is 0.866. The number of nitrogens with one attached hydrogen (secondary N) is 1. The molecule has 1 rings (SSSR count). The summed E-state index contributed by atoms with van der Waals surface area (Å²) in [6.45, 7) is -0.920. The zero-order chi connectivity index (χ0) is 12.9. The van der Waals surface area contributed by atoms with Gasteiger partial charge in [0.15, 0.2) is 0 Å². The second-order valence-corrected chi connectivity index (χ2v) is 5.07. The van der Waals surface area contributed by atoms with Crippen LogP contribution in [0, 0.1) is 11.3 Å². The molecule has 7 heteroatoms. The Kier molecular flexibility index (Phi) is 4.54. The maximum absolute atomic E-state index is 11.9. The first kappa shape index (κ1) is 13.5. The Morgan fingerprint density at radius 2 is 2.00 bits per heavy atom. The highest BCUT2D eigenvalue weighted by Crippen LogP contribution is 2.10. The third-order valence-electron chi connectivity index (χ3n) is 1.94. The van der Waals surface area contributed by atoms with Crippen LogP contribution >= 0.6 is 0 Å². The Bertz CT molecular complexity index is 523. The van der Waals surface area contributed by atoms with E-state index in [1.165, 1.54) is 12.1 Å².